The van der Waals surface area contributed by atoms with Crippen LogP contribution in [0.1, 0.15) is 49.4 Å². The van der Waals surface area contributed by atoms with E-state index < -0.39 is 34.4 Å². The quantitative estimate of drug-likeness (QED) is 0.493. The Bertz CT molecular complexity index is 1090. The number of nitrogens with two attached hydrogens (primary N) is 1. The van der Waals surface area contributed by atoms with Gasteiger partial charge in [-0.05, 0) is 44.5 Å². The maximum absolute atomic E-state index is 12.4. The van der Waals surface area contributed by atoms with E-state index in [9.17, 15) is 22.8 Å². The summed E-state index contributed by atoms with van der Waals surface area (Å²) in [4.78, 5) is 39.2. The van der Waals surface area contributed by atoms with E-state index >= 15 is 0 Å². The van der Waals surface area contributed by atoms with E-state index in [0.29, 0.717) is 11.3 Å². The van der Waals surface area contributed by atoms with Crippen LogP contribution in [0.4, 0.5) is 0 Å². The fraction of sp³-hybridized carbons (Fsp3) is 0.278. The molecule has 0 saturated carbocycles. The van der Waals surface area contributed by atoms with Crippen LogP contribution in [-0.2, 0) is 19.5 Å². The molecule has 0 saturated heterocycles. The van der Waals surface area contributed by atoms with Gasteiger partial charge in [0.1, 0.15) is 0 Å². The minimum absolute atomic E-state index is 0.0636. The van der Waals surface area contributed by atoms with Crippen molar-refractivity contribution in [2.75, 3.05) is 13.2 Å². The predicted molar refractivity (Wildman–Crippen MR) is 104 cm³/mol. The van der Waals surface area contributed by atoms with Gasteiger partial charge >= 0.3 is 11.9 Å². The first kappa shape index (κ1) is 22.6. The number of hydrogen-bond acceptors (Lipinski definition) is 7. The molecule has 11 heteroatoms. The van der Waals surface area contributed by atoms with Gasteiger partial charge in [0, 0.05) is 5.69 Å². The number of aromatic nitrogens is 1. The van der Waals surface area contributed by atoms with E-state index in [0.717, 1.165) is 12.1 Å². The van der Waals surface area contributed by atoms with Gasteiger partial charge in [-0.15, -0.1) is 0 Å². The summed E-state index contributed by atoms with van der Waals surface area (Å²) >= 11 is 5.91. The van der Waals surface area contributed by atoms with Gasteiger partial charge in [0.2, 0.25) is 15.8 Å². The largest absolute Gasteiger partial charge is 0.462 e. The van der Waals surface area contributed by atoms with E-state index in [2.05, 4.69) is 4.98 Å². The lowest BCUT2D eigenvalue weighted by Gasteiger charge is -2.07. The molecule has 0 fully saturated rings. The average molecular weight is 443 g/mol. The van der Waals surface area contributed by atoms with E-state index in [1.54, 1.807) is 20.8 Å². The molecule has 2 rings (SSSR count). The molecule has 0 bridgehead atoms. The lowest BCUT2D eigenvalue weighted by molar-refractivity contribution is 0.0472. The SMILES string of the molecule is CCOC(=O)c1c(C)[nH]c(C(=O)COC(=O)c2cc(S(N)(=O)=O)ccc2Cl)c1C. The third kappa shape index (κ3) is 5.03. The van der Waals surface area contributed by atoms with Crippen LogP contribution in [0.15, 0.2) is 23.1 Å². The fourth-order valence-electron chi connectivity index (χ4n) is 2.66. The average Bonchev–Trinajstić information content (AvgIpc) is 2.93. The van der Waals surface area contributed by atoms with Gasteiger partial charge in [0.25, 0.3) is 0 Å². The molecule has 1 heterocycles. The smallest absolute Gasteiger partial charge is 0.340 e. The summed E-state index contributed by atoms with van der Waals surface area (Å²) in [6, 6.07) is 3.29. The number of nitrogens with one attached hydrogen (secondary N) is 1. The number of aromatic amines is 1. The third-order valence-corrected chi connectivity index (χ3v) is 5.26. The Balaban J connectivity index is 2.19. The third-order valence-electron chi connectivity index (χ3n) is 4.02. The summed E-state index contributed by atoms with van der Waals surface area (Å²) in [5.74, 6) is -2.16. The molecule has 0 amide bonds. The number of carbonyl (C=O) groups is 3. The highest BCUT2D eigenvalue weighted by molar-refractivity contribution is 7.89. The van der Waals surface area contributed by atoms with Crippen molar-refractivity contribution in [3.63, 3.8) is 0 Å². The molecule has 1 aromatic heterocycles. The summed E-state index contributed by atoms with van der Waals surface area (Å²) in [5.41, 5.74) is 0.904. The second kappa shape index (κ2) is 8.76. The van der Waals surface area contributed by atoms with E-state index in [4.69, 9.17) is 26.2 Å². The number of hydrogen-bond donors (Lipinski definition) is 2. The minimum atomic E-state index is -4.05. The maximum Gasteiger partial charge on any atom is 0.340 e. The first-order chi connectivity index (χ1) is 13.5. The zero-order valence-electron chi connectivity index (χ0n) is 15.9. The van der Waals surface area contributed by atoms with Gasteiger partial charge in [-0.25, -0.2) is 23.1 Å². The zero-order valence-corrected chi connectivity index (χ0v) is 17.4. The summed E-state index contributed by atoms with van der Waals surface area (Å²) in [7, 11) is -4.05. The second-order valence-electron chi connectivity index (χ2n) is 6.03. The van der Waals surface area contributed by atoms with Crippen molar-refractivity contribution in [3.8, 4) is 0 Å². The number of halogens is 1. The number of carbonyl (C=O) groups excluding carboxylic acids is 3. The van der Waals surface area contributed by atoms with Crippen molar-refractivity contribution in [2.45, 2.75) is 25.7 Å². The van der Waals surface area contributed by atoms with Gasteiger partial charge in [-0.3, -0.25) is 4.79 Å². The molecular formula is C18H19ClN2O7S. The zero-order chi connectivity index (χ0) is 21.9. The highest BCUT2D eigenvalue weighted by Gasteiger charge is 2.24. The normalized spacial score (nSPS) is 11.2. The topological polar surface area (TPSA) is 146 Å². The highest BCUT2D eigenvalue weighted by Crippen LogP contribution is 2.22. The Labute approximate surface area is 172 Å². The van der Waals surface area contributed by atoms with Crippen molar-refractivity contribution in [2.24, 2.45) is 5.14 Å². The van der Waals surface area contributed by atoms with Crippen molar-refractivity contribution < 1.29 is 32.3 Å². The van der Waals surface area contributed by atoms with Crippen LogP contribution in [0.5, 0.6) is 0 Å². The van der Waals surface area contributed by atoms with Crippen molar-refractivity contribution in [3.05, 3.63) is 51.3 Å². The van der Waals surface area contributed by atoms with Gasteiger partial charge in [-0.1, -0.05) is 11.6 Å². The van der Waals surface area contributed by atoms with Crippen LogP contribution in [0.2, 0.25) is 5.02 Å². The molecule has 0 aliphatic carbocycles. The van der Waals surface area contributed by atoms with Crippen LogP contribution >= 0.6 is 11.6 Å². The number of rotatable bonds is 7. The lowest BCUT2D eigenvalue weighted by Crippen LogP contribution is -2.17. The number of Topliss-reactive ketones (excluding diaryl/α,β-unsaturated/α-hetero) is 1. The van der Waals surface area contributed by atoms with Crippen LogP contribution in [-0.4, -0.2) is 44.3 Å². The number of ether oxygens (including phenoxy) is 2. The molecule has 3 N–H and O–H groups in total. The molecule has 0 aliphatic heterocycles. The maximum atomic E-state index is 12.4. The van der Waals surface area contributed by atoms with Gasteiger partial charge in [0.05, 0.1) is 33.3 Å². The highest BCUT2D eigenvalue weighted by atomic mass is 35.5. The molecule has 29 heavy (non-hydrogen) atoms. The summed E-state index contributed by atoms with van der Waals surface area (Å²) in [5, 5.41) is 4.97. The van der Waals surface area contributed by atoms with E-state index in [1.807, 2.05) is 0 Å². The number of primary sulfonamides is 1. The number of aryl methyl sites for hydroxylation is 1. The first-order valence-corrected chi connectivity index (χ1v) is 10.3. The Morgan fingerprint density at radius 3 is 2.38 bits per heavy atom. The van der Waals surface area contributed by atoms with Crippen molar-refractivity contribution >= 4 is 39.3 Å². The predicted octanol–water partition coefficient (Wildman–Crippen LogP) is 2.15. The number of benzene rings is 1. The molecular weight excluding hydrogens is 424 g/mol. The summed E-state index contributed by atoms with van der Waals surface area (Å²) in [6.07, 6.45) is 0. The second-order valence-corrected chi connectivity index (χ2v) is 8.00. The van der Waals surface area contributed by atoms with Crippen molar-refractivity contribution in [1.82, 2.24) is 4.98 Å². The molecule has 0 radical (unpaired) electrons. The number of H-pyrrole nitrogens is 1. The van der Waals surface area contributed by atoms with Gasteiger partial charge in [-0.2, -0.15) is 0 Å². The number of esters is 2. The monoisotopic (exact) mass is 442 g/mol. The van der Waals surface area contributed by atoms with Crippen LogP contribution in [0.3, 0.4) is 0 Å². The first-order valence-electron chi connectivity index (χ1n) is 8.36. The molecule has 156 valence electrons. The summed E-state index contributed by atoms with van der Waals surface area (Å²) in [6.45, 7) is 4.37. The lowest BCUT2D eigenvalue weighted by atomic mass is 10.1. The molecule has 0 atom stereocenters. The van der Waals surface area contributed by atoms with Crippen LogP contribution < -0.4 is 5.14 Å². The Kier molecular flexibility index (Phi) is 6.83. The number of ketones is 1. The molecule has 1 aromatic carbocycles. The Morgan fingerprint density at radius 2 is 1.79 bits per heavy atom. The Morgan fingerprint density at radius 1 is 1.14 bits per heavy atom. The minimum Gasteiger partial charge on any atom is -0.462 e. The van der Waals surface area contributed by atoms with Gasteiger partial charge < -0.3 is 14.5 Å². The van der Waals surface area contributed by atoms with Crippen molar-refractivity contribution in [1.29, 1.82) is 0 Å². The van der Waals surface area contributed by atoms with Crippen LogP contribution in [0, 0.1) is 13.8 Å². The van der Waals surface area contributed by atoms with E-state index in [1.165, 1.54) is 6.07 Å². The fourth-order valence-corrected chi connectivity index (χ4v) is 3.39. The summed E-state index contributed by atoms with van der Waals surface area (Å²) < 4.78 is 32.8. The molecule has 0 aliphatic rings. The van der Waals surface area contributed by atoms with Crippen LogP contribution in [0.25, 0.3) is 0 Å². The molecule has 2 aromatic rings. The standard InChI is InChI=1S/C18H19ClN2O7S/c1-4-27-18(24)15-9(2)16(21-10(15)3)14(22)8-28-17(23)12-7-11(29(20,25)26)5-6-13(12)19/h5-7,21H,4,8H2,1-3H3,(H2,20,25,26). The Hall–Kier alpha value is -2.69. The molecule has 0 spiro atoms. The molecule has 9 nitrogen and oxygen atoms in total. The molecule has 0 unspecified atom stereocenters. The number of sulfonamides is 1. The van der Waals surface area contributed by atoms with Gasteiger partial charge in [0.15, 0.2) is 6.61 Å². The van der Waals surface area contributed by atoms with E-state index in [-0.39, 0.29) is 33.3 Å².